The van der Waals surface area contributed by atoms with E-state index in [1.54, 1.807) is 0 Å². The molecule has 0 spiro atoms. The number of nitriles is 1. The minimum absolute atomic E-state index is 0.00685. The van der Waals surface area contributed by atoms with Gasteiger partial charge in [-0.2, -0.15) is 5.26 Å². The highest BCUT2D eigenvalue weighted by Crippen LogP contribution is 2.16. The Morgan fingerprint density at radius 2 is 1.72 bits per heavy atom. The fraction of sp³-hybridized carbons (Fsp3) is 0.562. The minimum atomic E-state index is -0.00685. The van der Waals surface area contributed by atoms with Crippen LogP contribution in [0.4, 0.5) is 0 Å². The van der Waals surface area contributed by atoms with Gasteiger partial charge in [0.1, 0.15) is 6.04 Å². The predicted octanol–water partition coefficient (Wildman–Crippen LogP) is 3.69. The molecule has 0 saturated carbocycles. The van der Waals surface area contributed by atoms with Gasteiger partial charge in [0, 0.05) is 13.1 Å². The second kappa shape index (κ2) is 7.18. The summed E-state index contributed by atoms with van der Waals surface area (Å²) >= 11 is 0. The van der Waals surface area contributed by atoms with Crippen molar-refractivity contribution in [1.82, 2.24) is 4.90 Å². The molecule has 1 aromatic carbocycles. The second-order valence-corrected chi connectivity index (χ2v) is 5.63. The molecule has 2 nitrogen and oxygen atoms in total. The van der Waals surface area contributed by atoms with E-state index in [4.69, 9.17) is 0 Å². The van der Waals surface area contributed by atoms with Gasteiger partial charge in [0.15, 0.2) is 0 Å². The second-order valence-electron chi connectivity index (χ2n) is 5.63. The van der Waals surface area contributed by atoms with E-state index in [1.165, 1.54) is 5.56 Å². The lowest BCUT2D eigenvalue weighted by Crippen LogP contribution is -2.39. The first-order valence-electron chi connectivity index (χ1n) is 6.72. The number of benzene rings is 1. The standard InChI is InChI=1S/C16H24N2/c1-13(2)11-18(16(10-17)14(3)4)12-15-8-6-5-7-9-15/h5-9,13-14,16H,11-12H2,1-4H3. The molecular weight excluding hydrogens is 220 g/mol. The average molecular weight is 244 g/mol. The zero-order valence-corrected chi connectivity index (χ0v) is 11.9. The highest BCUT2D eigenvalue weighted by Gasteiger charge is 2.22. The third-order valence-corrected chi connectivity index (χ3v) is 2.99. The van der Waals surface area contributed by atoms with E-state index in [2.05, 4.69) is 62.9 Å². The Balaban J connectivity index is 2.82. The summed E-state index contributed by atoms with van der Waals surface area (Å²) in [5.74, 6) is 0.931. The summed E-state index contributed by atoms with van der Waals surface area (Å²) in [6.07, 6.45) is 0. The zero-order chi connectivity index (χ0) is 13.5. The Morgan fingerprint density at radius 3 is 2.17 bits per heavy atom. The number of hydrogen-bond acceptors (Lipinski definition) is 2. The minimum Gasteiger partial charge on any atom is -0.283 e. The molecule has 0 aliphatic carbocycles. The predicted molar refractivity (Wildman–Crippen MR) is 75.9 cm³/mol. The van der Waals surface area contributed by atoms with Gasteiger partial charge in [-0.3, -0.25) is 4.90 Å². The monoisotopic (exact) mass is 244 g/mol. The van der Waals surface area contributed by atoms with Gasteiger partial charge in [-0.25, -0.2) is 0 Å². The van der Waals surface area contributed by atoms with Crippen LogP contribution in [0.5, 0.6) is 0 Å². The fourth-order valence-corrected chi connectivity index (χ4v) is 2.22. The van der Waals surface area contributed by atoms with Crippen molar-refractivity contribution in [2.24, 2.45) is 11.8 Å². The lowest BCUT2D eigenvalue weighted by molar-refractivity contribution is 0.166. The maximum absolute atomic E-state index is 9.37. The molecule has 18 heavy (non-hydrogen) atoms. The molecule has 0 N–H and O–H groups in total. The van der Waals surface area contributed by atoms with Crippen molar-refractivity contribution in [3.8, 4) is 6.07 Å². The van der Waals surface area contributed by atoms with E-state index < -0.39 is 0 Å². The molecule has 2 heteroatoms. The first kappa shape index (κ1) is 14.7. The quantitative estimate of drug-likeness (QED) is 0.763. The molecule has 0 aromatic heterocycles. The average Bonchev–Trinajstić information content (AvgIpc) is 2.29. The largest absolute Gasteiger partial charge is 0.283 e. The fourth-order valence-electron chi connectivity index (χ4n) is 2.22. The van der Waals surface area contributed by atoms with Crippen molar-refractivity contribution < 1.29 is 0 Å². The van der Waals surface area contributed by atoms with Crippen LogP contribution in [0.2, 0.25) is 0 Å². The lowest BCUT2D eigenvalue weighted by Gasteiger charge is -2.31. The number of rotatable bonds is 6. The third-order valence-electron chi connectivity index (χ3n) is 2.99. The first-order chi connectivity index (χ1) is 8.54. The van der Waals surface area contributed by atoms with Crippen LogP contribution in [0.15, 0.2) is 30.3 Å². The topological polar surface area (TPSA) is 27.0 Å². The zero-order valence-electron chi connectivity index (χ0n) is 11.9. The van der Waals surface area contributed by atoms with E-state index in [-0.39, 0.29) is 6.04 Å². The number of nitrogens with zero attached hydrogens (tertiary/aromatic N) is 2. The van der Waals surface area contributed by atoms with E-state index in [0.29, 0.717) is 11.8 Å². The Labute approximate surface area is 111 Å². The summed E-state index contributed by atoms with van der Waals surface area (Å²) in [5.41, 5.74) is 1.28. The Kier molecular flexibility index (Phi) is 5.88. The summed E-state index contributed by atoms with van der Waals surface area (Å²) in [4.78, 5) is 2.30. The van der Waals surface area contributed by atoms with Crippen LogP contribution in [0.3, 0.4) is 0 Å². The molecule has 0 aliphatic rings. The van der Waals surface area contributed by atoms with Crippen LogP contribution in [-0.4, -0.2) is 17.5 Å². The summed E-state index contributed by atoms with van der Waals surface area (Å²) < 4.78 is 0. The van der Waals surface area contributed by atoms with Crippen LogP contribution in [0.25, 0.3) is 0 Å². The molecule has 1 aromatic rings. The Bertz CT molecular complexity index is 376. The molecular formula is C16H24N2. The van der Waals surface area contributed by atoms with Gasteiger partial charge < -0.3 is 0 Å². The van der Waals surface area contributed by atoms with Crippen LogP contribution < -0.4 is 0 Å². The molecule has 0 saturated heterocycles. The molecule has 1 rings (SSSR count). The summed E-state index contributed by atoms with van der Waals surface area (Å²) in [7, 11) is 0. The van der Waals surface area contributed by atoms with Gasteiger partial charge in [-0.15, -0.1) is 0 Å². The summed E-state index contributed by atoms with van der Waals surface area (Å²) in [6.45, 7) is 10.5. The molecule has 1 atom stereocenters. The van der Waals surface area contributed by atoms with Gasteiger partial charge in [-0.05, 0) is 17.4 Å². The van der Waals surface area contributed by atoms with Crippen molar-refractivity contribution in [3.63, 3.8) is 0 Å². The van der Waals surface area contributed by atoms with Crippen molar-refractivity contribution in [2.75, 3.05) is 6.54 Å². The number of hydrogen-bond donors (Lipinski definition) is 0. The van der Waals surface area contributed by atoms with E-state index in [9.17, 15) is 5.26 Å². The molecule has 0 amide bonds. The van der Waals surface area contributed by atoms with Crippen LogP contribution in [0, 0.1) is 23.2 Å². The van der Waals surface area contributed by atoms with Crippen molar-refractivity contribution in [1.29, 1.82) is 5.26 Å². The molecule has 0 heterocycles. The molecule has 0 radical (unpaired) electrons. The van der Waals surface area contributed by atoms with E-state index >= 15 is 0 Å². The Morgan fingerprint density at radius 1 is 1.11 bits per heavy atom. The molecule has 0 aliphatic heterocycles. The SMILES string of the molecule is CC(C)CN(Cc1ccccc1)C(C#N)C(C)C. The maximum Gasteiger partial charge on any atom is 0.100 e. The normalized spacial score (nSPS) is 13.0. The Hall–Kier alpha value is -1.33. The maximum atomic E-state index is 9.37. The smallest absolute Gasteiger partial charge is 0.100 e. The molecule has 0 bridgehead atoms. The first-order valence-corrected chi connectivity index (χ1v) is 6.72. The third kappa shape index (κ3) is 4.50. The lowest BCUT2D eigenvalue weighted by atomic mass is 10.0. The van der Waals surface area contributed by atoms with Crippen LogP contribution in [0.1, 0.15) is 33.3 Å². The van der Waals surface area contributed by atoms with Crippen molar-refractivity contribution in [3.05, 3.63) is 35.9 Å². The summed E-state index contributed by atoms with van der Waals surface area (Å²) in [6, 6.07) is 12.8. The van der Waals surface area contributed by atoms with E-state index in [1.807, 2.05) is 6.07 Å². The van der Waals surface area contributed by atoms with Gasteiger partial charge in [0.25, 0.3) is 0 Å². The van der Waals surface area contributed by atoms with Crippen LogP contribution >= 0.6 is 0 Å². The molecule has 98 valence electrons. The highest BCUT2D eigenvalue weighted by atomic mass is 15.2. The van der Waals surface area contributed by atoms with Gasteiger partial charge in [0.2, 0.25) is 0 Å². The van der Waals surface area contributed by atoms with Gasteiger partial charge >= 0.3 is 0 Å². The summed E-state index contributed by atoms with van der Waals surface area (Å²) in [5, 5.41) is 9.37. The molecule has 1 unspecified atom stereocenters. The highest BCUT2D eigenvalue weighted by molar-refractivity contribution is 5.15. The van der Waals surface area contributed by atoms with Gasteiger partial charge in [0.05, 0.1) is 6.07 Å². The van der Waals surface area contributed by atoms with Gasteiger partial charge in [-0.1, -0.05) is 58.0 Å². The molecule has 0 fully saturated rings. The van der Waals surface area contributed by atoms with Crippen molar-refractivity contribution in [2.45, 2.75) is 40.3 Å². The van der Waals surface area contributed by atoms with Crippen molar-refractivity contribution >= 4 is 0 Å². The van der Waals surface area contributed by atoms with E-state index in [0.717, 1.165) is 13.1 Å². The van der Waals surface area contributed by atoms with Crippen LogP contribution in [-0.2, 0) is 6.54 Å².